The van der Waals surface area contributed by atoms with Gasteiger partial charge in [-0.15, -0.1) is 0 Å². The standard InChI is InChI=1S/C26H25ClN2O3/c1-4-17-5-12-24-23(13-17)29-26(32-24)21-14-19(8-11-22(21)27)28-25(30)18-6-9-20(10-7-18)31-15-16(2)3/h5-14,16H,4,15H2,1-3H3,(H,28,30). The summed E-state index contributed by atoms with van der Waals surface area (Å²) < 4.78 is 11.6. The molecule has 0 saturated carbocycles. The van der Waals surface area contributed by atoms with Crippen LogP contribution >= 0.6 is 11.6 Å². The first kappa shape index (κ1) is 21.9. The molecule has 164 valence electrons. The van der Waals surface area contributed by atoms with E-state index in [-0.39, 0.29) is 5.91 Å². The number of rotatable bonds is 7. The first-order chi connectivity index (χ1) is 15.4. The van der Waals surface area contributed by atoms with E-state index in [1.807, 2.05) is 18.2 Å². The zero-order chi connectivity index (χ0) is 22.7. The highest BCUT2D eigenvalue weighted by Gasteiger charge is 2.14. The summed E-state index contributed by atoms with van der Waals surface area (Å²) in [6.07, 6.45) is 0.922. The Hall–Kier alpha value is -3.31. The number of carbonyl (C=O) groups excluding carboxylic acids is 1. The summed E-state index contributed by atoms with van der Waals surface area (Å²) in [5.41, 5.74) is 4.42. The molecule has 0 aliphatic heterocycles. The van der Waals surface area contributed by atoms with Crippen LogP contribution < -0.4 is 10.1 Å². The van der Waals surface area contributed by atoms with Crippen molar-refractivity contribution in [1.82, 2.24) is 4.98 Å². The fourth-order valence-corrected chi connectivity index (χ4v) is 3.44. The fourth-order valence-electron chi connectivity index (χ4n) is 3.24. The van der Waals surface area contributed by atoms with Gasteiger partial charge in [-0.3, -0.25) is 4.79 Å². The molecule has 0 unspecified atom stereocenters. The molecule has 0 aliphatic carbocycles. The van der Waals surface area contributed by atoms with Crippen LogP contribution in [0.1, 0.15) is 36.7 Å². The molecule has 1 heterocycles. The molecule has 0 saturated heterocycles. The van der Waals surface area contributed by atoms with Gasteiger partial charge in [-0.1, -0.05) is 38.4 Å². The number of hydrogen-bond acceptors (Lipinski definition) is 4. The lowest BCUT2D eigenvalue weighted by Gasteiger charge is -2.10. The second kappa shape index (κ2) is 9.45. The van der Waals surface area contributed by atoms with E-state index in [9.17, 15) is 4.79 Å². The maximum Gasteiger partial charge on any atom is 0.255 e. The molecular weight excluding hydrogens is 424 g/mol. The number of amides is 1. The van der Waals surface area contributed by atoms with Gasteiger partial charge in [0.1, 0.15) is 11.3 Å². The Morgan fingerprint density at radius 1 is 1.09 bits per heavy atom. The third kappa shape index (κ3) is 4.94. The highest BCUT2D eigenvalue weighted by molar-refractivity contribution is 6.33. The van der Waals surface area contributed by atoms with Crippen LogP contribution in [0.3, 0.4) is 0 Å². The molecule has 0 aliphatic rings. The Labute approximate surface area is 192 Å². The number of benzene rings is 3. The molecule has 32 heavy (non-hydrogen) atoms. The summed E-state index contributed by atoms with van der Waals surface area (Å²) in [4.78, 5) is 17.3. The maximum absolute atomic E-state index is 12.7. The highest BCUT2D eigenvalue weighted by Crippen LogP contribution is 2.32. The zero-order valence-corrected chi connectivity index (χ0v) is 19.1. The minimum atomic E-state index is -0.223. The van der Waals surface area contributed by atoms with Crippen molar-refractivity contribution < 1.29 is 13.9 Å². The van der Waals surface area contributed by atoms with Crippen molar-refractivity contribution in [3.8, 4) is 17.2 Å². The molecule has 0 atom stereocenters. The molecule has 6 heteroatoms. The molecule has 1 aromatic heterocycles. The smallest absolute Gasteiger partial charge is 0.255 e. The van der Waals surface area contributed by atoms with Crippen molar-refractivity contribution in [3.05, 3.63) is 76.8 Å². The Morgan fingerprint density at radius 3 is 2.59 bits per heavy atom. The average molecular weight is 449 g/mol. The van der Waals surface area contributed by atoms with E-state index in [2.05, 4.69) is 31.1 Å². The maximum atomic E-state index is 12.7. The van der Waals surface area contributed by atoms with Crippen molar-refractivity contribution in [1.29, 1.82) is 0 Å². The van der Waals surface area contributed by atoms with E-state index in [0.717, 1.165) is 17.7 Å². The largest absolute Gasteiger partial charge is 0.493 e. The van der Waals surface area contributed by atoms with Crippen LogP contribution in [0.5, 0.6) is 5.75 Å². The van der Waals surface area contributed by atoms with E-state index in [0.29, 0.717) is 45.8 Å². The second-order valence-corrected chi connectivity index (χ2v) is 8.46. The minimum Gasteiger partial charge on any atom is -0.493 e. The Bertz CT molecular complexity index is 1250. The predicted octanol–water partition coefficient (Wildman–Crippen LogP) is 7.00. The van der Waals surface area contributed by atoms with Crippen molar-refractivity contribution in [2.24, 2.45) is 5.92 Å². The Kier molecular flexibility index (Phi) is 6.47. The summed E-state index contributed by atoms with van der Waals surface area (Å²) in [7, 11) is 0. The summed E-state index contributed by atoms with van der Waals surface area (Å²) in [5, 5.41) is 3.41. The van der Waals surface area contributed by atoms with Gasteiger partial charge in [-0.25, -0.2) is 4.98 Å². The average Bonchev–Trinajstić information content (AvgIpc) is 3.22. The second-order valence-electron chi connectivity index (χ2n) is 8.05. The number of anilines is 1. The first-order valence-corrected chi connectivity index (χ1v) is 11.0. The number of nitrogens with one attached hydrogen (secondary N) is 1. The van der Waals surface area contributed by atoms with Gasteiger partial charge in [0, 0.05) is 11.3 Å². The molecule has 1 amide bonds. The lowest BCUT2D eigenvalue weighted by atomic mass is 10.1. The van der Waals surface area contributed by atoms with E-state index < -0.39 is 0 Å². The van der Waals surface area contributed by atoms with Gasteiger partial charge in [0.05, 0.1) is 17.2 Å². The summed E-state index contributed by atoms with van der Waals surface area (Å²) in [6.45, 7) is 6.91. The molecule has 0 radical (unpaired) electrons. The number of ether oxygens (including phenoxy) is 1. The van der Waals surface area contributed by atoms with E-state index in [1.54, 1.807) is 42.5 Å². The number of halogens is 1. The van der Waals surface area contributed by atoms with Crippen molar-refractivity contribution in [2.75, 3.05) is 11.9 Å². The number of oxazole rings is 1. The fraction of sp³-hybridized carbons (Fsp3) is 0.231. The van der Waals surface area contributed by atoms with E-state index >= 15 is 0 Å². The summed E-state index contributed by atoms with van der Waals surface area (Å²) in [6, 6.07) is 18.3. The van der Waals surface area contributed by atoms with Gasteiger partial charge in [-0.05, 0) is 72.5 Å². The van der Waals surface area contributed by atoms with Gasteiger partial charge in [-0.2, -0.15) is 0 Å². The molecule has 0 fully saturated rings. The number of aromatic nitrogens is 1. The van der Waals surface area contributed by atoms with E-state index in [4.69, 9.17) is 20.8 Å². The van der Waals surface area contributed by atoms with Crippen molar-refractivity contribution in [3.63, 3.8) is 0 Å². The van der Waals surface area contributed by atoms with Crippen LogP contribution in [0.25, 0.3) is 22.6 Å². The van der Waals surface area contributed by atoms with Gasteiger partial charge in [0.2, 0.25) is 5.89 Å². The van der Waals surface area contributed by atoms with Crippen LogP contribution in [0, 0.1) is 5.92 Å². The third-order valence-electron chi connectivity index (χ3n) is 5.01. The lowest BCUT2D eigenvalue weighted by molar-refractivity contribution is 0.102. The van der Waals surface area contributed by atoms with Gasteiger partial charge in [0.15, 0.2) is 5.58 Å². The zero-order valence-electron chi connectivity index (χ0n) is 18.3. The van der Waals surface area contributed by atoms with Gasteiger partial charge in [0.25, 0.3) is 5.91 Å². The predicted molar refractivity (Wildman–Crippen MR) is 129 cm³/mol. The molecule has 4 aromatic rings. The number of fused-ring (bicyclic) bond motifs is 1. The lowest BCUT2D eigenvalue weighted by Crippen LogP contribution is -2.12. The van der Waals surface area contributed by atoms with Crippen LogP contribution in [0.15, 0.2) is 65.1 Å². The monoisotopic (exact) mass is 448 g/mol. The van der Waals surface area contributed by atoms with E-state index in [1.165, 1.54) is 5.56 Å². The number of nitrogens with zero attached hydrogens (tertiary/aromatic N) is 1. The Balaban J connectivity index is 1.53. The quantitative estimate of drug-likeness (QED) is 0.330. The first-order valence-electron chi connectivity index (χ1n) is 10.7. The van der Waals surface area contributed by atoms with Crippen LogP contribution in [-0.2, 0) is 6.42 Å². The van der Waals surface area contributed by atoms with Crippen LogP contribution in [0.2, 0.25) is 5.02 Å². The molecule has 4 rings (SSSR count). The summed E-state index contributed by atoms with van der Waals surface area (Å²) >= 11 is 6.41. The Morgan fingerprint density at radius 2 is 1.88 bits per heavy atom. The number of hydrogen-bond donors (Lipinski definition) is 1. The molecule has 3 aromatic carbocycles. The number of aryl methyl sites for hydroxylation is 1. The normalized spacial score (nSPS) is 11.2. The van der Waals surface area contributed by atoms with Gasteiger partial charge < -0.3 is 14.5 Å². The summed E-state index contributed by atoms with van der Waals surface area (Å²) in [5.74, 6) is 1.37. The van der Waals surface area contributed by atoms with Crippen molar-refractivity contribution >= 4 is 34.3 Å². The number of carbonyl (C=O) groups is 1. The molecular formula is C26H25ClN2O3. The molecule has 1 N–H and O–H groups in total. The molecule has 0 spiro atoms. The molecule has 5 nitrogen and oxygen atoms in total. The minimum absolute atomic E-state index is 0.223. The SMILES string of the molecule is CCc1ccc2oc(-c3cc(NC(=O)c4ccc(OCC(C)C)cc4)ccc3Cl)nc2c1. The highest BCUT2D eigenvalue weighted by atomic mass is 35.5. The van der Waals surface area contributed by atoms with Crippen LogP contribution in [0.4, 0.5) is 5.69 Å². The topological polar surface area (TPSA) is 64.4 Å². The van der Waals surface area contributed by atoms with Crippen LogP contribution in [-0.4, -0.2) is 17.5 Å². The third-order valence-corrected chi connectivity index (χ3v) is 5.34. The van der Waals surface area contributed by atoms with Crippen molar-refractivity contribution in [2.45, 2.75) is 27.2 Å². The molecule has 0 bridgehead atoms. The van der Waals surface area contributed by atoms with Gasteiger partial charge >= 0.3 is 0 Å².